The second-order valence-corrected chi connectivity index (χ2v) is 8.85. The first kappa shape index (κ1) is 27.7. The molecule has 0 unspecified atom stereocenters. The van der Waals surface area contributed by atoms with E-state index in [9.17, 15) is 24.5 Å². The van der Waals surface area contributed by atoms with Crippen LogP contribution in [0.25, 0.3) is 12.2 Å². The fourth-order valence-corrected chi connectivity index (χ4v) is 3.86. The van der Waals surface area contributed by atoms with Crippen LogP contribution in [0, 0.1) is 10.1 Å². The molecule has 198 valence electrons. The predicted molar refractivity (Wildman–Crippen MR) is 155 cm³/mol. The molecule has 8 nitrogen and oxygen atoms in total. The number of halogens is 1. The van der Waals surface area contributed by atoms with Gasteiger partial charge in [0.1, 0.15) is 5.70 Å². The van der Waals surface area contributed by atoms with Crippen molar-refractivity contribution >= 4 is 52.7 Å². The highest BCUT2D eigenvalue weighted by Crippen LogP contribution is 2.21. The van der Waals surface area contributed by atoms with E-state index in [0.717, 1.165) is 0 Å². The minimum atomic E-state index is -0.708. The van der Waals surface area contributed by atoms with Gasteiger partial charge in [-0.3, -0.25) is 24.5 Å². The molecule has 40 heavy (non-hydrogen) atoms. The third-order valence-corrected chi connectivity index (χ3v) is 6.05. The first-order valence-corrected chi connectivity index (χ1v) is 12.4. The standard InChI is InChI=1S/C31H22ClN3O5/c32-26-12-6-4-8-21(26)16-19-29(36)22-14-17-25(18-15-22)33-31(38)27(34-30(37)23-9-2-1-3-10-23)20-24-11-5-7-13-28(24)35(39)40/h1-20H,(H,33,38)(H,34,37)/b19-16+,27-20-. The molecule has 0 saturated heterocycles. The number of amides is 2. The fraction of sp³-hybridized carbons (Fsp3) is 0. The second-order valence-electron chi connectivity index (χ2n) is 8.44. The Kier molecular flexibility index (Phi) is 8.96. The minimum absolute atomic E-state index is 0.136. The third kappa shape index (κ3) is 7.15. The van der Waals surface area contributed by atoms with E-state index >= 15 is 0 Å². The first-order chi connectivity index (χ1) is 19.3. The van der Waals surface area contributed by atoms with Crippen molar-refractivity contribution < 1.29 is 19.3 Å². The van der Waals surface area contributed by atoms with Crippen LogP contribution < -0.4 is 10.6 Å². The van der Waals surface area contributed by atoms with Gasteiger partial charge >= 0.3 is 0 Å². The molecule has 2 amide bonds. The van der Waals surface area contributed by atoms with E-state index in [0.29, 0.717) is 27.4 Å². The summed E-state index contributed by atoms with van der Waals surface area (Å²) in [5.74, 6) is -1.53. The van der Waals surface area contributed by atoms with E-state index in [-0.39, 0.29) is 22.7 Å². The van der Waals surface area contributed by atoms with Crippen LogP contribution in [0.4, 0.5) is 11.4 Å². The molecular formula is C31H22ClN3O5. The van der Waals surface area contributed by atoms with Crippen LogP contribution in [0.1, 0.15) is 31.8 Å². The first-order valence-electron chi connectivity index (χ1n) is 12.0. The zero-order valence-electron chi connectivity index (χ0n) is 20.9. The second kappa shape index (κ2) is 12.9. The van der Waals surface area contributed by atoms with Gasteiger partial charge in [0.25, 0.3) is 17.5 Å². The molecule has 4 rings (SSSR count). The monoisotopic (exact) mass is 551 g/mol. The summed E-state index contributed by atoms with van der Waals surface area (Å²) in [5, 5.41) is 17.2. The largest absolute Gasteiger partial charge is 0.321 e. The van der Waals surface area contributed by atoms with Crippen LogP contribution in [0.5, 0.6) is 0 Å². The van der Waals surface area contributed by atoms with Gasteiger partial charge in [-0.2, -0.15) is 0 Å². The number of hydrogen-bond acceptors (Lipinski definition) is 5. The number of rotatable bonds is 9. The van der Waals surface area contributed by atoms with Gasteiger partial charge in [0.05, 0.1) is 10.5 Å². The molecule has 0 heterocycles. The number of carbonyl (C=O) groups excluding carboxylic acids is 3. The highest BCUT2D eigenvalue weighted by molar-refractivity contribution is 6.32. The van der Waals surface area contributed by atoms with Crippen LogP contribution in [0.3, 0.4) is 0 Å². The Morgan fingerprint density at radius 1 is 0.750 bits per heavy atom. The lowest BCUT2D eigenvalue weighted by Gasteiger charge is -2.12. The molecule has 0 bridgehead atoms. The number of carbonyl (C=O) groups is 3. The van der Waals surface area contributed by atoms with E-state index in [4.69, 9.17) is 11.6 Å². The van der Waals surface area contributed by atoms with Crippen molar-refractivity contribution in [3.63, 3.8) is 0 Å². The number of nitro groups is 1. The number of nitro benzene ring substituents is 1. The summed E-state index contributed by atoms with van der Waals surface area (Å²) in [7, 11) is 0. The number of allylic oxidation sites excluding steroid dienone is 1. The van der Waals surface area contributed by atoms with E-state index in [1.807, 2.05) is 6.07 Å². The van der Waals surface area contributed by atoms with Gasteiger partial charge in [-0.05, 0) is 72.3 Å². The highest BCUT2D eigenvalue weighted by Gasteiger charge is 2.18. The Balaban J connectivity index is 1.55. The summed E-state index contributed by atoms with van der Waals surface area (Å²) < 4.78 is 0. The maximum Gasteiger partial charge on any atom is 0.276 e. The number of ketones is 1. The van der Waals surface area contributed by atoms with Gasteiger partial charge in [-0.15, -0.1) is 0 Å². The van der Waals surface area contributed by atoms with Crippen molar-refractivity contribution in [2.45, 2.75) is 0 Å². The molecule has 0 aliphatic rings. The Hall–Kier alpha value is -5.34. The van der Waals surface area contributed by atoms with E-state index in [2.05, 4.69) is 10.6 Å². The molecule has 4 aromatic rings. The van der Waals surface area contributed by atoms with E-state index in [1.54, 1.807) is 72.8 Å². The van der Waals surface area contributed by atoms with Crippen LogP contribution in [0.2, 0.25) is 5.02 Å². The lowest BCUT2D eigenvalue weighted by atomic mass is 10.1. The average molecular weight is 552 g/mol. The number of nitrogens with one attached hydrogen (secondary N) is 2. The molecule has 9 heteroatoms. The zero-order valence-corrected chi connectivity index (χ0v) is 21.7. The Morgan fingerprint density at radius 3 is 2.05 bits per heavy atom. The number of nitrogens with zero attached hydrogens (tertiary/aromatic N) is 1. The molecule has 4 aromatic carbocycles. The molecule has 0 atom stereocenters. The van der Waals surface area contributed by atoms with Crippen molar-refractivity contribution in [1.82, 2.24) is 5.32 Å². The summed E-state index contributed by atoms with van der Waals surface area (Å²) in [6.45, 7) is 0. The van der Waals surface area contributed by atoms with Crippen LogP contribution in [0.15, 0.2) is 115 Å². The van der Waals surface area contributed by atoms with Crippen molar-refractivity contribution in [1.29, 1.82) is 0 Å². The SMILES string of the molecule is O=C(Nc1ccc(C(=O)/C=C/c2ccccc2Cl)cc1)/C(=C/c1ccccc1[N+](=O)[O-])NC(=O)c1ccccc1. The van der Waals surface area contributed by atoms with E-state index in [1.165, 1.54) is 42.5 Å². The van der Waals surface area contributed by atoms with Crippen molar-refractivity contribution in [2.24, 2.45) is 0 Å². The summed E-state index contributed by atoms with van der Waals surface area (Å²) in [6.07, 6.45) is 4.27. The highest BCUT2D eigenvalue weighted by atomic mass is 35.5. The quantitative estimate of drug-likeness (QED) is 0.106. The maximum atomic E-state index is 13.2. The molecular weight excluding hydrogens is 530 g/mol. The van der Waals surface area contributed by atoms with Crippen LogP contribution >= 0.6 is 11.6 Å². The number of anilines is 1. The summed E-state index contributed by atoms with van der Waals surface area (Å²) in [5.41, 5.74) is 1.44. The lowest BCUT2D eigenvalue weighted by Crippen LogP contribution is -2.30. The smallest absolute Gasteiger partial charge is 0.276 e. The van der Waals surface area contributed by atoms with Crippen LogP contribution in [-0.2, 0) is 4.79 Å². The Labute approximate surface area is 234 Å². The number of benzene rings is 4. The summed E-state index contributed by atoms with van der Waals surface area (Å²) in [6, 6.07) is 27.4. The lowest BCUT2D eigenvalue weighted by molar-refractivity contribution is -0.385. The number of para-hydroxylation sites is 1. The zero-order chi connectivity index (χ0) is 28.5. The van der Waals surface area contributed by atoms with Gasteiger partial charge in [0, 0.05) is 27.9 Å². The molecule has 0 spiro atoms. The Bertz CT molecular complexity index is 1630. The van der Waals surface area contributed by atoms with Crippen molar-refractivity contribution in [3.8, 4) is 0 Å². The van der Waals surface area contributed by atoms with Gasteiger partial charge in [-0.25, -0.2) is 0 Å². The molecule has 0 saturated carbocycles. The molecule has 0 aliphatic carbocycles. The summed E-state index contributed by atoms with van der Waals surface area (Å²) >= 11 is 6.12. The summed E-state index contributed by atoms with van der Waals surface area (Å²) in [4.78, 5) is 49.5. The third-order valence-electron chi connectivity index (χ3n) is 5.71. The van der Waals surface area contributed by atoms with Gasteiger partial charge in [0.2, 0.25) is 0 Å². The number of hydrogen-bond donors (Lipinski definition) is 2. The van der Waals surface area contributed by atoms with Gasteiger partial charge in [0.15, 0.2) is 5.78 Å². The normalized spacial score (nSPS) is 11.2. The van der Waals surface area contributed by atoms with E-state index < -0.39 is 16.7 Å². The van der Waals surface area contributed by atoms with Gasteiger partial charge in [-0.1, -0.05) is 60.1 Å². The van der Waals surface area contributed by atoms with Crippen molar-refractivity contribution in [3.05, 3.63) is 152 Å². The Morgan fingerprint density at radius 2 is 1.38 bits per heavy atom. The topological polar surface area (TPSA) is 118 Å². The van der Waals surface area contributed by atoms with Gasteiger partial charge < -0.3 is 10.6 Å². The molecule has 0 radical (unpaired) electrons. The van der Waals surface area contributed by atoms with Crippen LogP contribution in [-0.4, -0.2) is 22.5 Å². The minimum Gasteiger partial charge on any atom is -0.321 e. The molecule has 0 fully saturated rings. The molecule has 0 aromatic heterocycles. The average Bonchev–Trinajstić information content (AvgIpc) is 2.97. The molecule has 0 aliphatic heterocycles. The molecule has 2 N–H and O–H groups in total. The predicted octanol–water partition coefficient (Wildman–Crippen LogP) is 6.55. The van der Waals surface area contributed by atoms with Crippen molar-refractivity contribution in [2.75, 3.05) is 5.32 Å². The fourth-order valence-electron chi connectivity index (χ4n) is 3.66. The maximum absolute atomic E-state index is 13.2.